The Hall–Kier alpha value is -2.19. The fraction of sp³-hybridized carbons (Fsp3) is 0. The molecule has 1 aliphatic rings. The van der Waals surface area contributed by atoms with Gasteiger partial charge in [0.25, 0.3) is 0 Å². The van der Waals surface area contributed by atoms with Crippen LogP contribution in [0.4, 0.5) is 4.39 Å². The van der Waals surface area contributed by atoms with E-state index in [-0.39, 0.29) is 15.7 Å². The van der Waals surface area contributed by atoms with Gasteiger partial charge in [0.05, 0.1) is 4.47 Å². The minimum atomic E-state index is -0.731. The van der Waals surface area contributed by atoms with Crippen LogP contribution in [0.2, 0.25) is 0 Å². The summed E-state index contributed by atoms with van der Waals surface area (Å²) >= 11 is 2.91. The number of nitroso groups, excluding NO2 is 1. The molecule has 104 valence electrons. The number of phenolic OH excluding ortho intramolecular Hbond substituents is 1. The molecule has 0 spiro atoms. The summed E-state index contributed by atoms with van der Waals surface area (Å²) in [6, 6.07) is 1.90. The van der Waals surface area contributed by atoms with Crippen molar-refractivity contribution in [3.63, 3.8) is 0 Å². The zero-order valence-corrected chi connectivity index (χ0v) is 11.4. The fourth-order valence-corrected chi connectivity index (χ4v) is 2.01. The highest BCUT2D eigenvalue weighted by Crippen LogP contribution is 2.35. The molecule has 1 aromatic carbocycles. The van der Waals surface area contributed by atoms with Gasteiger partial charge >= 0.3 is 0 Å². The SMILES string of the molecule is O=N/C(=C1\C(O)=CC=CN1O)c1cc(Br)c(F)cc1O. The van der Waals surface area contributed by atoms with Crippen LogP contribution in [0.1, 0.15) is 5.56 Å². The number of hydrogen-bond donors (Lipinski definition) is 3. The average Bonchev–Trinajstić information content (AvgIpc) is 2.39. The van der Waals surface area contributed by atoms with Gasteiger partial charge in [0.2, 0.25) is 0 Å². The molecule has 2 rings (SSSR count). The Kier molecular flexibility index (Phi) is 3.86. The van der Waals surface area contributed by atoms with E-state index in [1.807, 2.05) is 0 Å². The van der Waals surface area contributed by atoms with Gasteiger partial charge in [-0.3, -0.25) is 5.21 Å². The van der Waals surface area contributed by atoms with Crippen molar-refractivity contribution in [3.8, 4) is 5.75 Å². The van der Waals surface area contributed by atoms with Crippen LogP contribution in [0.25, 0.3) is 5.70 Å². The highest BCUT2D eigenvalue weighted by atomic mass is 79.9. The van der Waals surface area contributed by atoms with Crippen molar-refractivity contribution in [3.05, 3.63) is 62.7 Å². The molecule has 0 aliphatic carbocycles. The number of benzene rings is 1. The van der Waals surface area contributed by atoms with Gasteiger partial charge in [-0.2, -0.15) is 0 Å². The van der Waals surface area contributed by atoms with Crippen LogP contribution in [0, 0.1) is 10.7 Å². The summed E-state index contributed by atoms with van der Waals surface area (Å²) < 4.78 is 13.3. The zero-order chi connectivity index (χ0) is 14.9. The minimum Gasteiger partial charge on any atom is -0.507 e. The molecule has 20 heavy (non-hydrogen) atoms. The van der Waals surface area contributed by atoms with E-state index < -0.39 is 23.0 Å². The quantitative estimate of drug-likeness (QED) is 0.716. The molecule has 0 saturated carbocycles. The summed E-state index contributed by atoms with van der Waals surface area (Å²) in [5.74, 6) is -1.71. The van der Waals surface area contributed by atoms with E-state index in [9.17, 15) is 24.7 Å². The lowest BCUT2D eigenvalue weighted by Gasteiger charge is -2.20. The number of rotatable bonds is 2. The molecule has 0 unspecified atom stereocenters. The molecule has 1 heterocycles. The topological polar surface area (TPSA) is 93.4 Å². The van der Waals surface area contributed by atoms with Crippen LogP contribution < -0.4 is 0 Å². The van der Waals surface area contributed by atoms with E-state index in [1.165, 1.54) is 12.2 Å². The number of hydrogen-bond acceptors (Lipinski definition) is 6. The first-order valence-corrected chi connectivity index (χ1v) is 6.07. The average molecular weight is 343 g/mol. The summed E-state index contributed by atoms with van der Waals surface area (Å²) in [5, 5.41) is 32.2. The summed E-state index contributed by atoms with van der Waals surface area (Å²) in [5.41, 5.74) is -0.905. The first kappa shape index (κ1) is 14.2. The smallest absolute Gasteiger partial charge is 0.148 e. The summed E-state index contributed by atoms with van der Waals surface area (Å²) in [6.45, 7) is 0. The number of allylic oxidation sites excluding steroid dienone is 2. The number of nitrogens with zero attached hydrogens (tertiary/aromatic N) is 2. The molecule has 1 aromatic rings. The van der Waals surface area contributed by atoms with E-state index in [2.05, 4.69) is 21.1 Å². The van der Waals surface area contributed by atoms with Crippen LogP contribution in [0.15, 0.2) is 51.6 Å². The predicted octanol–water partition coefficient (Wildman–Crippen LogP) is 3.39. The van der Waals surface area contributed by atoms with Crippen LogP contribution in [0.5, 0.6) is 5.75 Å². The van der Waals surface area contributed by atoms with Crippen molar-refractivity contribution >= 4 is 21.6 Å². The Morgan fingerprint density at radius 2 is 2.05 bits per heavy atom. The molecule has 0 radical (unpaired) electrons. The monoisotopic (exact) mass is 342 g/mol. The minimum absolute atomic E-state index is 0.00800. The Morgan fingerprint density at radius 3 is 2.65 bits per heavy atom. The van der Waals surface area contributed by atoms with Crippen molar-refractivity contribution in [2.24, 2.45) is 5.18 Å². The maximum atomic E-state index is 13.3. The molecule has 6 nitrogen and oxygen atoms in total. The molecule has 0 fully saturated rings. The molecule has 8 heteroatoms. The molecule has 0 amide bonds. The van der Waals surface area contributed by atoms with E-state index in [0.717, 1.165) is 18.3 Å². The standard InChI is InChI=1S/C12H8BrFN2O4/c13-7-4-6(10(18)5-8(7)14)11(15-19)12-9(17)2-1-3-16(12)20/h1-5,17-18,20H/b12-11+. The lowest BCUT2D eigenvalue weighted by molar-refractivity contribution is -0.00699. The fourth-order valence-electron chi connectivity index (χ4n) is 1.66. The third-order valence-corrected chi connectivity index (χ3v) is 3.17. The summed E-state index contributed by atoms with van der Waals surface area (Å²) in [6.07, 6.45) is 3.72. The van der Waals surface area contributed by atoms with Crippen LogP contribution in [-0.4, -0.2) is 20.5 Å². The largest absolute Gasteiger partial charge is 0.507 e. The maximum absolute atomic E-state index is 13.3. The Balaban J connectivity index is 2.70. The highest BCUT2D eigenvalue weighted by molar-refractivity contribution is 9.10. The lowest BCUT2D eigenvalue weighted by Crippen LogP contribution is -2.17. The molecule has 0 saturated heterocycles. The van der Waals surface area contributed by atoms with Gasteiger partial charge in [0, 0.05) is 17.8 Å². The van der Waals surface area contributed by atoms with Crippen LogP contribution in [-0.2, 0) is 0 Å². The Morgan fingerprint density at radius 1 is 1.35 bits per heavy atom. The molecule has 0 aromatic heterocycles. The van der Waals surface area contributed by atoms with Crippen molar-refractivity contribution in [2.75, 3.05) is 0 Å². The third-order valence-electron chi connectivity index (χ3n) is 2.56. The molecule has 0 atom stereocenters. The highest BCUT2D eigenvalue weighted by Gasteiger charge is 2.23. The van der Waals surface area contributed by atoms with Crippen molar-refractivity contribution in [2.45, 2.75) is 0 Å². The second-order valence-electron chi connectivity index (χ2n) is 3.81. The third kappa shape index (κ3) is 2.43. The Labute approximate surface area is 120 Å². The van der Waals surface area contributed by atoms with Crippen LogP contribution in [0.3, 0.4) is 0 Å². The second-order valence-corrected chi connectivity index (χ2v) is 4.66. The van der Waals surface area contributed by atoms with Gasteiger partial charge in [-0.1, -0.05) is 0 Å². The maximum Gasteiger partial charge on any atom is 0.148 e. The summed E-state index contributed by atoms with van der Waals surface area (Å²) in [7, 11) is 0. The number of aromatic hydroxyl groups is 1. The first-order valence-electron chi connectivity index (χ1n) is 5.27. The van der Waals surface area contributed by atoms with Gasteiger partial charge in [-0.05, 0) is 39.3 Å². The van der Waals surface area contributed by atoms with E-state index in [0.29, 0.717) is 5.06 Å². The van der Waals surface area contributed by atoms with Gasteiger partial charge < -0.3 is 10.2 Å². The normalized spacial score (nSPS) is 16.9. The summed E-state index contributed by atoms with van der Waals surface area (Å²) in [4.78, 5) is 11.0. The number of aliphatic hydroxyl groups is 1. The Bertz CT molecular complexity index is 670. The number of hydroxylamine groups is 2. The molecular formula is C12H8BrFN2O4. The van der Waals surface area contributed by atoms with Crippen molar-refractivity contribution in [1.29, 1.82) is 0 Å². The van der Waals surface area contributed by atoms with Gasteiger partial charge in [-0.25, -0.2) is 9.45 Å². The molecule has 3 N–H and O–H groups in total. The molecule has 1 aliphatic heterocycles. The first-order chi connectivity index (χ1) is 9.45. The lowest BCUT2D eigenvalue weighted by atomic mass is 10.1. The zero-order valence-electron chi connectivity index (χ0n) is 9.79. The molecular weight excluding hydrogens is 335 g/mol. The molecule has 0 bridgehead atoms. The van der Waals surface area contributed by atoms with Gasteiger partial charge in [0.15, 0.2) is 0 Å². The number of halogens is 2. The van der Waals surface area contributed by atoms with Gasteiger partial charge in [0.1, 0.15) is 28.7 Å². The van der Waals surface area contributed by atoms with E-state index in [1.54, 1.807) is 0 Å². The second kappa shape index (κ2) is 5.43. The predicted molar refractivity (Wildman–Crippen MR) is 72.0 cm³/mol. The van der Waals surface area contributed by atoms with Crippen molar-refractivity contribution in [1.82, 2.24) is 5.06 Å². The number of phenols is 1. The van der Waals surface area contributed by atoms with Crippen molar-refractivity contribution < 1.29 is 19.8 Å². The van der Waals surface area contributed by atoms with Gasteiger partial charge in [-0.15, -0.1) is 4.91 Å². The van der Waals surface area contributed by atoms with E-state index in [4.69, 9.17) is 0 Å². The number of aliphatic hydroxyl groups excluding tert-OH is 1. The van der Waals surface area contributed by atoms with Crippen LogP contribution >= 0.6 is 15.9 Å². The van der Waals surface area contributed by atoms with E-state index >= 15 is 0 Å².